The monoisotopic (exact) mass is 358 g/mol. The van der Waals surface area contributed by atoms with E-state index in [-0.39, 0.29) is 22.8 Å². The SMILES string of the molecule is N#Cc1cccc(S(=O)(=O)N[C@H]2[C@H](O)[C@H](O)C[C@@H]2c2ccccc2)c1. The minimum absolute atomic E-state index is 0.0491. The number of benzene rings is 2. The number of nitrogens with zero attached hydrogens (tertiary/aromatic N) is 1. The molecule has 6 nitrogen and oxygen atoms in total. The molecule has 0 aromatic heterocycles. The van der Waals surface area contributed by atoms with Crippen molar-refractivity contribution in [1.82, 2.24) is 4.72 Å². The van der Waals surface area contributed by atoms with Gasteiger partial charge in [0.05, 0.1) is 34.8 Å². The highest BCUT2D eigenvalue weighted by Crippen LogP contribution is 2.36. The molecule has 1 saturated carbocycles. The van der Waals surface area contributed by atoms with Crippen molar-refractivity contribution in [2.75, 3.05) is 0 Å². The van der Waals surface area contributed by atoms with E-state index in [0.717, 1.165) is 5.56 Å². The largest absolute Gasteiger partial charge is 0.390 e. The molecule has 4 atom stereocenters. The molecule has 0 spiro atoms. The summed E-state index contributed by atoms with van der Waals surface area (Å²) in [5, 5.41) is 29.2. The number of nitrogens with one attached hydrogen (secondary N) is 1. The van der Waals surface area contributed by atoms with E-state index in [0.29, 0.717) is 0 Å². The molecule has 25 heavy (non-hydrogen) atoms. The van der Waals surface area contributed by atoms with Crippen molar-refractivity contribution < 1.29 is 18.6 Å². The maximum absolute atomic E-state index is 12.7. The quantitative estimate of drug-likeness (QED) is 0.758. The van der Waals surface area contributed by atoms with Gasteiger partial charge in [0.1, 0.15) is 0 Å². The maximum Gasteiger partial charge on any atom is 0.240 e. The van der Waals surface area contributed by atoms with E-state index in [1.807, 2.05) is 36.4 Å². The second-order valence-corrected chi connectivity index (χ2v) is 7.81. The van der Waals surface area contributed by atoms with Crippen molar-refractivity contribution in [2.24, 2.45) is 0 Å². The predicted octanol–water partition coefficient (Wildman–Crippen LogP) is 1.11. The number of rotatable bonds is 4. The van der Waals surface area contributed by atoms with Crippen LogP contribution >= 0.6 is 0 Å². The summed E-state index contributed by atoms with van der Waals surface area (Å²) < 4.78 is 27.8. The zero-order valence-electron chi connectivity index (χ0n) is 13.3. The Morgan fingerprint density at radius 2 is 1.80 bits per heavy atom. The first kappa shape index (κ1) is 17.6. The molecule has 0 amide bonds. The summed E-state index contributed by atoms with van der Waals surface area (Å²) in [7, 11) is -3.95. The van der Waals surface area contributed by atoms with Gasteiger partial charge in [-0.15, -0.1) is 0 Å². The summed E-state index contributed by atoms with van der Waals surface area (Å²) in [4.78, 5) is -0.0491. The summed E-state index contributed by atoms with van der Waals surface area (Å²) in [6.07, 6.45) is -1.96. The molecule has 3 N–H and O–H groups in total. The van der Waals surface area contributed by atoms with Crippen LogP contribution < -0.4 is 4.72 Å². The Kier molecular flexibility index (Phi) is 4.88. The zero-order valence-corrected chi connectivity index (χ0v) is 14.1. The van der Waals surface area contributed by atoms with Gasteiger partial charge in [-0.3, -0.25) is 0 Å². The van der Waals surface area contributed by atoms with Gasteiger partial charge in [0.25, 0.3) is 0 Å². The van der Waals surface area contributed by atoms with Crippen LogP contribution in [0.1, 0.15) is 23.5 Å². The second kappa shape index (κ2) is 6.94. The molecule has 0 unspecified atom stereocenters. The zero-order chi connectivity index (χ0) is 18.0. The molecule has 1 fully saturated rings. The molecule has 1 aliphatic carbocycles. The van der Waals surface area contributed by atoms with Crippen molar-refractivity contribution in [3.05, 3.63) is 65.7 Å². The van der Waals surface area contributed by atoms with Gasteiger partial charge < -0.3 is 10.2 Å². The Morgan fingerprint density at radius 3 is 2.48 bits per heavy atom. The molecule has 0 bridgehead atoms. The molecule has 2 aromatic rings. The molecule has 2 aromatic carbocycles. The topological polar surface area (TPSA) is 110 Å². The Hall–Kier alpha value is -2.24. The first-order chi connectivity index (χ1) is 11.9. The van der Waals surface area contributed by atoms with Crippen molar-refractivity contribution in [3.63, 3.8) is 0 Å². The van der Waals surface area contributed by atoms with Crippen LogP contribution in [-0.2, 0) is 10.0 Å². The van der Waals surface area contributed by atoms with E-state index in [1.54, 1.807) is 0 Å². The average molecular weight is 358 g/mol. The third-order valence-corrected chi connectivity index (χ3v) is 5.94. The van der Waals surface area contributed by atoms with Crippen molar-refractivity contribution in [3.8, 4) is 6.07 Å². The van der Waals surface area contributed by atoms with Gasteiger partial charge in [0.2, 0.25) is 10.0 Å². The first-order valence-electron chi connectivity index (χ1n) is 7.86. The lowest BCUT2D eigenvalue weighted by atomic mass is 9.94. The van der Waals surface area contributed by atoms with E-state index in [1.165, 1.54) is 24.3 Å². The molecule has 0 heterocycles. The number of hydrogen-bond acceptors (Lipinski definition) is 5. The summed E-state index contributed by atoms with van der Waals surface area (Å²) in [6, 6.07) is 15.9. The van der Waals surface area contributed by atoms with Crippen LogP contribution in [-0.4, -0.2) is 36.9 Å². The molecule has 7 heteroatoms. The Morgan fingerprint density at radius 1 is 1.08 bits per heavy atom. The molecular formula is C18H18N2O4S. The van der Waals surface area contributed by atoms with Crippen LogP contribution in [0.4, 0.5) is 0 Å². The van der Waals surface area contributed by atoms with Crippen LogP contribution in [0.3, 0.4) is 0 Å². The van der Waals surface area contributed by atoms with Gasteiger partial charge in [-0.25, -0.2) is 13.1 Å². The van der Waals surface area contributed by atoms with E-state index in [4.69, 9.17) is 5.26 Å². The van der Waals surface area contributed by atoms with Gasteiger partial charge in [-0.05, 0) is 30.2 Å². The molecular weight excluding hydrogens is 340 g/mol. The van der Waals surface area contributed by atoms with Crippen molar-refractivity contribution in [2.45, 2.75) is 35.5 Å². The summed E-state index contributed by atoms with van der Waals surface area (Å²) >= 11 is 0. The van der Waals surface area contributed by atoms with Gasteiger partial charge in [-0.2, -0.15) is 5.26 Å². The fourth-order valence-corrected chi connectivity index (χ4v) is 4.54. The lowest BCUT2D eigenvalue weighted by Gasteiger charge is -2.23. The van der Waals surface area contributed by atoms with Crippen LogP contribution in [0.5, 0.6) is 0 Å². The minimum atomic E-state index is -3.95. The predicted molar refractivity (Wildman–Crippen MR) is 91.1 cm³/mol. The van der Waals surface area contributed by atoms with Crippen LogP contribution in [0.15, 0.2) is 59.5 Å². The van der Waals surface area contributed by atoms with Crippen LogP contribution in [0.25, 0.3) is 0 Å². The van der Waals surface area contributed by atoms with Crippen molar-refractivity contribution in [1.29, 1.82) is 5.26 Å². The molecule has 0 radical (unpaired) electrons. The third-order valence-electron chi connectivity index (χ3n) is 4.48. The molecule has 1 aliphatic rings. The summed E-state index contributed by atoms with van der Waals surface area (Å²) in [5.41, 5.74) is 1.08. The van der Waals surface area contributed by atoms with Gasteiger partial charge in [-0.1, -0.05) is 36.4 Å². The Balaban J connectivity index is 1.92. The maximum atomic E-state index is 12.7. The van der Waals surface area contributed by atoms with E-state index < -0.39 is 28.3 Å². The molecule has 0 saturated heterocycles. The smallest absolute Gasteiger partial charge is 0.240 e. The fourth-order valence-electron chi connectivity index (χ4n) is 3.20. The lowest BCUT2D eigenvalue weighted by molar-refractivity contribution is 0.0338. The third kappa shape index (κ3) is 3.57. The minimum Gasteiger partial charge on any atom is -0.390 e. The lowest BCUT2D eigenvalue weighted by Crippen LogP contribution is -2.45. The summed E-state index contributed by atoms with van der Waals surface area (Å²) in [5.74, 6) is -0.347. The van der Waals surface area contributed by atoms with Crippen molar-refractivity contribution >= 4 is 10.0 Å². The van der Waals surface area contributed by atoms with E-state index in [2.05, 4.69) is 4.72 Å². The van der Waals surface area contributed by atoms with E-state index in [9.17, 15) is 18.6 Å². The Labute approximate surface area is 146 Å². The highest BCUT2D eigenvalue weighted by atomic mass is 32.2. The normalized spacial score (nSPS) is 26.3. The van der Waals surface area contributed by atoms with Gasteiger partial charge >= 0.3 is 0 Å². The van der Waals surface area contributed by atoms with Gasteiger partial charge in [0, 0.05) is 5.92 Å². The van der Waals surface area contributed by atoms with Gasteiger partial charge in [0.15, 0.2) is 0 Å². The fraction of sp³-hybridized carbons (Fsp3) is 0.278. The average Bonchev–Trinajstić information content (AvgIpc) is 2.90. The molecule has 3 rings (SSSR count). The number of nitriles is 1. The van der Waals surface area contributed by atoms with E-state index >= 15 is 0 Å². The number of aliphatic hydroxyl groups excluding tert-OH is 2. The van der Waals surface area contributed by atoms with Crippen LogP contribution in [0.2, 0.25) is 0 Å². The second-order valence-electron chi connectivity index (χ2n) is 6.10. The van der Waals surface area contributed by atoms with Crippen LogP contribution in [0, 0.1) is 11.3 Å². The molecule has 0 aliphatic heterocycles. The number of sulfonamides is 1. The highest BCUT2D eigenvalue weighted by Gasteiger charge is 2.44. The summed E-state index contributed by atoms with van der Waals surface area (Å²) in [6.45, 7) is 0. The number of aliphatic hydroxyl groups is 2. The highest BCUT2D eigenvalue weighted by molar-refractivity contribution is 7.89. The number of hydrogen-bond donors (Lipinski definition) is 3. The Bertz CT molecular complexity index is 893. The first-order valence-corrected chi connectivity index (χ1v) is 9.34. The molecule has 130 valence electrons. The standard InChI is InChI=1S/C18H18N2O4S/c19-11-12-5-4-8-14(9-12)25(23,24)20-17-15(10-16(21)18(17)22)13-6-2-1-3-7-13/h1-9,15-18,20-22H,10H2/t15-,16-,17-,18-/m1/s1.